The Morgan fingerprint density at radius 2 is 1.89 bits per heavy atom. The third kappa shape index (κ3) is 4.55. The standard InChI is InChI=1S/C17H16FN5O4/c18-12-3-1-11(2-4-12)17-22-21-16(27-17)10-20-15-9-13(23(25)26)5-6-14(15)19-7-8-24/h1-6,9,19-20,24H,7-8,10H2. The van der Waals surface area contributed by atoms with Crippen LogP contribution in [0.4, 0.5) is 21.5 Å². The Hall–Kier alpha value is -3.53. The van der Waals surface area contributed by atoms with Crippen LogP contribution in [-0.2, 0) is 6.54 Å². The minimum absolute atomic E-state index is 0.0791. The summed E-state index contributed by atoms with van der Waals surface area (Å²) in [4.78, 5) is 10.5. The maximum Gasteiger partial charge on any atom is 0.271 e. The summed E-state index contributed by atoms with van der Waals surface area (Å²) in [5.74, 6) is 0.132. The molecule has 0 fully saturated rings. The number of nitrogens with one attached hydrogen (secondary N) is 2. The molecule has 0 aliphatic rings. The average molecular weight is 373 g/mol. The normalized spacial score (nSPS) is 10.6. The Kier molecular flexibility index (Phi) is 5.57. The van der Waals surface area contributed by atoms with Crippen molar-refractivity contribution in [1.29, 1.82) is 0 Å². The highest BCUT2D eigenvalue weighted by Gasteiger charge is 2.13. The van der Waals surface area contributed by atoms with E-state index < -0.39 is 4.92 Å². The Morgan fingerprint density at radius 3 is 2.59 bits per heavy atom. The van der Waals surface area contributed by atoms with E-state index in [1.807, 2.05) is 0 Å². The molecule has 0 aliphatic carbocycles. The van der Waals surface area contributed by atoms with E-state index in [1.54, 1.807) is 6.07 Å². The molecule has 2 aromatic carbocycles. The van der Waals surface area contributed by atoms with E-state index in [4.69, 9.17) is 9.52 Å². The van der Waals surface area contributed by atoms with Gasteiger partial charge in [-0.2, -0.15) is 0 Å². The number of halogens is 1. The van der Waals surface area contributed by atoms with Gasteiger partial charge in [0, 0.05) is 24.2 Å². The highest BCUT2D eigenvalue weighted by atomic mass is 19.1. The summed E-state index contributed by atoms with van der Waals surface area (Å²) in [7, 11) is 0. The smallest absolute Gasteiger partial charge is 0.271 e. The molecule has 0 radical (unpaired) electrons. The number of hydrogen-bond donors (Lipinski definition) is 3. The first-order chi connectivity index (χ1) is 13.1. The van der Waals surface area contributed by atoms with Crippen molar-refractivity contribution >= 4 is 17.1 Å². The van der Waals surface area contributed by atoms with Crippen molar-refractivity contribution in [3.63, 3.8) is 0 Å². The van der Waals surface area contributed by atoms with E-state index in [-0.39, 0.29) is 36.4 Å². The van der Waals surface area contributed by atoms with Crippen LogP contribution in [0.1, 0.15) is 5.89 Å². The number of aliphatic hydroxyl groups is 1. The molecule has 0 spiro atoms. The molecule has 1 aromatic heterocycles. The van der Waals surface area contributed by atoms with Gasteiger partial charge in [0.2, 0.25) is 11.8 Å². The fourth-order valence-electron chi connectivity index (χ4n) is 2.34. The highest BCUT2D eigenvalue weighted by molar-refractivity contribution is 5.71. The first-order valence-electron chi connectivity index (χ1n) is 8.02. The maximum atomic E-state index is 13.0. The lowest BCUT2D eigenvalue weighted by atomic mass is 10.2. The lowest BCUT2D eigenvalue weighted by Crippen LogP contribution is -2.09. The second kappa shape index (κ2) is 8.23. The maximum absolute atomic E-state index is 13.0. The number of anilines is 2. The lowest BCUT2D eigenvalue weighted by Gasteiger charge is -2.12. The number of nitro benzene ring substituents is 1. The SMILES string of the molecule is O=[N+]([O-])c1ccc(NCCO)c(NCc2nnc(-c3ccc(F)cc3)o2)c1. The van der Waals surface area contributed by atoms with Gasteiger partial charge < -0.3 is 20.2 Å². The van der Waals surface area contributed by atoms with Gasteiger partial charge in [0.1, 0.15) is 5.82 Å². The Labute approximate surface area is 153 Å². The van der Waals surface area contributed by atoms with Crippen molar-refractivity contribution in [3.8, 4) is 11.5 Å². The quantitative estimate of drug-likeness (QED) is 0.406. The van der Waals surface area contributed by atoms with E-state index in [0.717, 1.165) is 0 Å². The predicted octanol–water partition coefficient (Wildman–Crippen LogP) is 2.80. The van der Waals surface area contributed by atoms with Crippen LogP contribution in [-0.4, -0.2) is 33.4 Å². The fraction of sp³-hybridized carbons (Fsp3) is 0.176. The van der Waals surface area contributed by atoms with Crippen LogP contribution >= 0.6 is 0 Å². The van der Waals surface area contributed by atoms with E-state index in [2.05, 4.69) is 20.8 Å². The molecule has 0 saturated carbocycles. The van der Waals surface area contributed by atoms with E-state index >= 15 is 0 Å². The van der Waals surface area contributed by atoms with Gasteiger partial charge in [-0.3, -0.25) is 10.1 Å². The van der Waals surface area contributed by atoms with Crippen LogP contribution < -0.4 is 10.6 Å². The van der Waals surface area contributed by atoms with Crippen molar-refractivity contribution < 1.29 is 18.8 Å². The summed E-state index contributed by atoms with van der Waals surface area (Å²) >= 11 is 0. The third-order valence-electron chi connectivity index (χ3n) is 3.63. The number of nitrogens with zero attached hydrogens (tertiary/aromatic N) is 3. The van der Waals surface area contributed by atoms with Crippen LogP contribution in [0, 0.1) is 15.9 Å². The van der Waals surface area contributed by atoms with Crippen molar-refractivity contribution in [2.24, 2.45) is 0 Å². The Balaban J connectivity index is 1.74. The fourth-order valence-corrected chi connectivity index (χ4v) is 2.34. The van der Waals surface area contributed by atoms with E-state index in [9.17, 15) is 14.5 Å². The molecule has 10 heteroatoms. The summed E-state index contributed by atoms with van der Waals surface area (Å²) in [6, 6.07) is 9.92. The molecule has 0 aliphatic heterocycles. The summed E-state index contributed by atoms with van der Waals surface area (Å²) in [5, 5.41) is 33.7. The molecule has 0 saturated heterocycles. The van der Waals surface area contributed by atoms with Crippen LogP contribution in [0.15, 0.2) is 46.9 Å². The van der Waals surface area contributed by atoms with Crippen molar-refractivity contribution in [2.45, 2.75) is 6.54 Å². The van der Waals surface area contributed by atoms with Gasteiger partial charge in [0.25, 0.3) is 5.69 Å². The molecular weight excluding hydrogens is 357 g/mol. The molecule has 0 unspecified atom stereocenters. The number of aliphatic hydroxyl groups excluding tert-OH is 1. The van der Waals surface area contributed by atoms with Crippen molar-refractivity contribution in [2.75, 3.05) is 23.8 Å². The molecule has 27 heavy (non-hydrogen) atoms. The molecule has 3 N–H and O–H groups in total. The van der Waals surface area contributed by atoms with Gasteiger partial charge in [-0.25, -0.2) is 4.39 Å². The molecule has 0 atom stereocenters. The zero-order valence-electron chi connectivity index (χ0n) is 14.1. The Morgan fingerprint density at radius 1 is 1.11 bits per heavy atom. The van der Waals surface area contributed by atoms with Gasteiger partial charge in [0.05, 0.1) is 29.4 Å². The number of non-ortho nitro benzene ring substituents is 1. The van der Waals surface area contributed by atoms with E-state index in [1.165, 1.54) is 36.4 Å². The largest absolute Gasteiger partial charge is 0.419 e. The summed E-state index contributed by atoms with van der Waals surface area (Å²) in [6.07, 6.45) is 0. The minimum Gasteiger partial charge on any atom is -0.419 e. The second-order valence-electron chi connectivity index (χ2n) is 5.50. The molecule has 9 nitrogen and oxygen atoms in total. The topological polar surface area (TPSA) is 126 Å². The van der Waals surface area contributed by atoms with Gasteiger partial charge >= 0.3 is 0 Å². The zero-order chi connectivity index (χ0) is 19.2. The number of aromatic nitrogens is 2. The van der Waals surface area contributed by atoms with Crippen LogP contribution in [0.2, 0.25) is 0 Å². The molecule has 0 amide bonds. The van der Waals surface area contributed by atoms with Crippen molar-refractivity contribution in [3.05, 3.63) is 64.3 Å². The van der Waals surface area contributed by atoms with Gasteiger partial charge in [-0.1, -0.05) is 0 Å². The zero-order valence-corrected chi connectivity index (χ0v) is 14.1. The number of nitro groups is 1. The average Bonchev–Trinajstić information content (AvgIpc) is 3.14. The van der Waals surface area contributed by atoms with Crippen LogP contribution in [0.5, 0.6) is 0 Å². The number of rotatable bonds is 8. The summed E-state index contributed by atoms with van der Waals surface area (Å²) in [6.45, 7) is 0.339. The molecule has 3 rings (SSSR count). The molecule has 1 heterocycles. The van der Waals surface area contributed by atoms with Gasteiger partial charge in [-0.15, -0.1) is 10.2 Å². The summed E-state index contributed by atoms with van der Waals surface area (Å²) < 4.78 is 18.5. The Bertz CT molecular complexity index is 929. The van der Waals surface area contributed by atoms with Crippen LogP contribution in [0.3, 0.4) is 0 Å². The number of benzene rings is 2. The monoisotopic (exact) mass is 373 g/mol. The van der Waals surface area contributed by atoms with E-state index in [0.29, 0.717) is 23.5 Å². The van der Waals surface area contributed by atoms with Gasteiger partial charge in [0.15, 0.2) is 0 Å². The summed E-state index contributed by atoms with van der Waals surface area (Å²) in [5.41, 5.74) is 1.55. The molecular formula is C17H16FN5O4. The second-order valence-corrected chi connectivity index (χ2v) is 5.50. The first-order valence-corrected chi connectivity index (χ1v) is 8.02. The highest BCUT2D eigenvalue weighted by Crippen LogP contribution is 2.27. The van der Waals surface area contributed by atoms with Crippen LogP contribution in [0.25, 0.3) is 11.5 Å². The predicted molar refractivity (Wildman–Crippen MR) is 95.7 cm³/mol. The third-order valence-corrected chi connectivity index (χ3v) is 3.63. The molecule has 3 aromatic rings. The lowest BCUT2D eigenvalue weighted by molar-refractivity contribution is -0.384. The first kappa shape index (κ1) is 18.3. The molecule has 140 valence electrons. The number of hydrogen-bond acceptors (Lipinski definition) is 8. The molecule has 0 bridgehead atoms. The minimum atomic E-state index is -0.500. The van der Waals surface area contributed by atoms with Crippen molar-refractivity contribution in [1.82, 2.24) is 10.2 Å². The van der Waals surface area contributed by atoms with Gasteiger partial charge in [-0.05, 0) is 30.3 Å².